The molecule has 0 aliphatic rings. The van der Waals surface area contributed by atoms with E-state index in [4.69, 9.17) is 4.74 Å². The van der Waals surface area contributed by atoms with Crippen LogP contribution in [0.3, 0.4) is 0 Å². The van der Waals surface area contributed by atoms with Gasteiger partial charge in [-0.2, -0.15) is 0 Å². The lowest BCUT2D eigenvalue weighted by Gasteiger charge is -2.07. The molecule has 0 heterocycles. The smallest absolute Gasteiger partial charge is 0.131 e. The molecule has 0 saturated carbocycles. The molecule has 2 aromatic carbocycles. The van der Waals surface area contributed by atoms with E-state index in [0.717, 1.165) is 18.2 Å². The lowest BCUT2D eigenvalue weighted by molar-refractivity contribution is 0.408. The van der Waals surface area contributed by atoms with Crippen LogP contribution in [0.2, 0.25) is 0 Å². The number of benzene rings is 2. The van der Waals surface area contributed by atoms with Gasteiger partial charge < -0.3 is 9.84 Å². The normalized spacial score (nSPS) is 10.3. The summed E-state index contributed by atoms with van der Waals surface area (Å²) < 4.78 is 31.5. The molecule has 0 unspecified atom stereocenters. The van der Waals surface area contributed by atoms with Crippen LogP contribution in [-0.4, -0.2) is 12.2 Å². The summed E-state index contributed by atoms with van der Waals surface area (Å²) in [6, 6.07) is 7.42. The maximum Gasteiger partial charge on any atom is 0.131 e. The summed E-state index contributed by atoms with van der Waals surface area (Å²) in [6.07, 6.45) is 0. The van der Waals surface area contributed by atoms with Crippen LogP contribution < -0.4 is 4.74 Å². The highest BCUT2D eigenvalue weighted by Crippen LogP contribution is 2.30. The Kier molecular flexibility index (Phi) is 2.95. The minimum Gasteiger partial charge on any atom is -0.508 e. The molecule has 0 atom stereocenters. The van der Waals surface area contributed by atoms with Gasteiger partial charge in [0.1, 0.15) is 23.1 Å². The van der Waals surface area contributed by atoms with Crippen LogP contribution in [0.1, 0.15) is 0 Å². The fourth-order valence-corrected chi connectivity index (χ4v) is 1.58. The van der Waals surface area contributed by atoms with Crippen molar-refractivity contribution in [2.45, 2.75) is 0 Å². The molecule has 0 saturated heterocycles. The quantitative estimate of drug-likeness (QED) is 0.866. The second-order valence-electron chi connectivity index (χ2n) is 3.54. The van der Waals surface area contributed by atoms with Crippen LogP contribution in [0.15, 0.2) is 36.4 Å². The Balaban J connectivity index is 2.59. The molecule has 0 aromatic heterocycles. The van der Waals surface area contributed by atoms with E-state index in [2.05, 4.69) is 0 Å². The number of halogens is 2. The van der Waals surface area contributed by atoms with E-state index in [1.807, 2.05) is 0 Å². The van der Waals surface area contributed by atoms with E-state index >= 15 is 0 Å². The third-order valence-corrected chi connectivity index (χ3v) is 2.37. The van der Waals surface area contributed by atoms with Crippen LogP contribution >= 0.6 is 0 Å². The summed E-state index contributed by atoms with van der Waals surface area (Å²) in [5, 5.41) is 9.45. The molecule has 0 amide bonds. The number of rotatable bonds is 2. The van der Waals surface area contributed by atoms with Gasteiger partial charge in [0.05, 0.1) is 7.11 Å². The summed E-state index contributed by atoms with van der Waals surface area (Å²) in [7, 11) is 1.43. The number of phenolic OH excluding ortho intramolecular Hbond substituents is 1. The highest BCUT2D eigenvalue weighted by Gasteiger charge is 2.09. The highest BCUT2D eigenvalue weighted by atomic mass is 19.1. The van der Waals surface area contributed by atoms with Crippen molar-refractivity contribution in [1.29, 1.82) is 0 Å². The zero-order chi connectivity index (χ0) is 12.4. The van der Waals surface area contributed by atoms with Crippen molar-refractivity contribution in [2.24, 2.45) is 0 Å². The van der Waals surface area contributed by atoms with Gasteiger partial charge in [0.15, 0.2) is 0 Å². The van der Waals surface area contributed by atoms with E-state index in [0.29, 0.717) is 11.3 Å². The Hall–Kier alpha value is -2.10. The molecule has 2 rings (SSSR count). The number of phenols is 1. The van der Waals surface area contributed by atoms with E-state index in [-0.39, 0.29) is 11.3 Å². The third kappa shape index (κ3) is 2.36. The zero-order valence-electron chi connectivity index (χ0n) is 9.08. The first kappa shape index (κ1) is 11.4. The molecule has 0 aliphatic heterocycles. The number of hydrogen-bond acceptors (Lipinski definition) is 2. The summed E-state index contributed by atoms with van der Waals surface area (Å²) in [6.45, 7) is 0. The first-order valence-corrected chi connectivity index (χ1v) is 4.93. The molecule has 17 heavy (non-hydrogen) atoms. The summed E-state index contributed by atoms with van der Waals surface area (Å²) in [4.78, 5) is 0. The largest absolute Gasteiger partial charge is 0.508 e. The zero-order valence-corrected chi connectivity index (χ0v) is 9.08. The molecular formula is C13H10F2O2. The van der Waals surface area contributed by atoms with Gasteiger partial charge in [0, 0.05) is 11.6 Å². The topological polar surface area (TPSA) is 29.5 Å². The predicted molar refractivity (Wildman–Crippen MR) is 60.0 cm³/mol. The van der Waals surface area contributed by atoms with Crippen LogP contribution in [-0.2, 0) is 0 Å². The van der Waals surface area contributed by atoms with Crippen LogP contribution in [0.4, 0.5) is 8.78 Å². The monoisotopic (exact) mass is 236 g/mol. The number of methoxy groups -OCH3 is 1. The van der Waals surface area contributed by atoms with Crippen LogP contribution in [0, 0.1) is 11.6 Å². The molecule has 88 valence electrons. The Labute approximate surface area is 97.1 Å². The molecule has 2 aromatic rings. The van der Waals surface area contributed by atoms with Crippen LogP contribution in [0.5, 0.6) is 11.5 Å². The van der Waals surface area contributed by atoms with Crippen LogP contribution in [0.25, 0.3) is 11.1 Å². The molecule has 4 heteroatoms. The van der Waals surface area contributed by atoms with Crippen molar-refractivity contribution < 1.29 is 18.6 Å². The Morgan fingerprint density at radius 2 is 1.82 bits per heavy atom. The van der Waals surface area contributed by atoms with Gasteiger partial charge in [-0.25, -0.2) is 8.78 Å². The SMILES string of the molecule is COc1cc(O)cc(-c2cc(F)ccc2F)c1. The van der Waals surface area contributed by atoms with E-state index in [1.54, 1.807) is 0 Å². The van der Waals surface area contributed by atoms with Gasteiger partial charge in [-0.05, 0) is 35.9 Å². The molecule has 0 bridgehead atoms. The van der Waals surface area contributed by atoms with E-state index < -0.39 is 11.6 Å². The van der Waals surface area contributed by atoms with Gasteiger partial charge in [0.25, 0.3) is 0 Å². The maximum absolute atomic E-state index is 13.5. The molecule has 1 N–H and O–H groups in total. The fraction of sp³-hybridized carbons (Fsp3) is 0.0769. The Morgan fingerprint density at radius 3 is 2.53 bits per heavy atom. The second-order valence-corrected chi connectivity index (χ2v) is 3.54. The number of ether oxygens (including phenoxy) is 1. The van der Waals surface area contributed by atoms with Gasteiger partial charge >= 0.3 is 0 Å². The van der Waals surface area contributed by atoms with Crippen molar-refractivity contribution in [2.75, 3.05) is 7.11 Å². The maximum atomic E-state index is 13.5. The average Bonchev–Trinajstić information content (AvgIpc) is 2.31. The molecule has 0 spiro atoms. The minimum atomic E-state index is -0.556. The molecule has 2 nitrogen and oxygen atoms in total. The first-order chi connectivity index (χ1) is 8.10. The summed E-state index contributed by atoms with van der Waals surface area (Å²) in [5.41, 5.74) is 0.443. The van der Waals surface area contributed by atoms with Crippen molar-refractivity contribution in [3.05, 3.63) is 48.0 Å². The Bertz CT molecular complexity index is 553. The standard InChI is InChI=1S/C13H10F2O2/c1-17-11-5-8(4-10(16)7-11)12-6-9(14)2-3-13(12)15/h2-7,16H,1H3. The van der Waals surface area contributed by atoms with Gasteiger partial charge in [-0.15, -0.1) is 0 Å². The van der Waals surface area contributed by atoms with Gasteiger partial charge in [-0.1, -0.05) is 0 Å². The predicted octanol–water partition coefficient (Wildman–Crippen LogP) is 3.35. The van der Waals surface area contributed by atoms with Crippen molar-refractivity contribution in [1.82, 2.24) is 0 Å². The fourth-order valence-electron chi connectivity index (χ4n) is 1.58. The van der Waals surface area contributed by atoms with Gasteiger partial charge in [-0.3, -0.25) is 0 Å². The van der Waals surface area contributed by atoms with Crippen molar-refractivity contribution in [3.8, 4) is 22.6 Å². The first-order valence-electron chi connectivity index (χ1n) is 4.93. The average molecular weight is 236 g/mol. The lowest BCUT2D eigenvalue weighted by atomic mass is 10.0. The van der Waals surface area contributed by atoms with E-state index in [9.17, 15) is 13.9 Å². The third-order valence-electron chi connectivity index (χ3n) is 2.37. The van der Waals surface area contributed by atoms with E-state index in [1.165, 1.54) is 25.3 Å². The second kappa shape index (κ2) is 4.41. The van der Waals surface area contributed by atoms with Crippen molar-refractivity contribution in [3.63, 3.8) is 0 Å². The molecule has 0 aliphatic carbocycles. The van der Waals surface area contributed by atoms with Gasteiger partial charge in [0.2, 0.25) is 0 Å². The molecular weight excluding hydrogens is 226 g/mol. The minimum absolute atomic E-state index is 0.0667. The van der Waals surface area contributed by atoms with Crippen molar-refractivity contribution >= 4 is 0 Å². The lowest BCUT2D eigenvalue weighted by Crippen LogP contribution is -1.88. The highest BCUT2D eigenvalue weighted by molar-refractivity contribution is 5.67. The number of aromatic hydroxyl groups is 1. The molecule has 0 fully saturated rings. The summed E-state index contributed by atoms with van der Waals surface area (Å²) >= 11 is 0. The molecule has 0 radical (unpaired) electrons. The Morgan fingerprint density at radius 1 is 1.06 bits per heavy atom. The number of hydrogen-bond donors (Lipinski definition) is 1. The summed E-state index contributed by atoms with van der Waals surface area (Å²) in [5.74, 6) is -0.783.